The van der Waals surface area contributed by atoms with Gasteiger partial charge < -0.3 is 4.18 Å². The molecule has 0 aromatic rings. The molecule has 0 aliphatic carbocycles. The summed E-state index contributed by atoms with van der Waals surface area (Å²) in [7, 11) is -4.57. The molecule has 0 amide bonds. The van der Waals surface area contributed by atoms with Crippen molar-refractivity contribution in [3.63, 3.8) is 0 Å². The topological polar surface area (TPSA) is 80.7 Å². The van der Waals surface area contributed by atoms with E-state index >= 15 is 0 Å². The van der Waals surface area contributed by atoms with Crippen molar-refractivity contribution in [2.45, 2.75) is 6.92 Å². The van der Waals surface area contributed by atoms with Crippen LogP contribution >= 0.6 is 0 Å². The third kappa shape index (κ3) is 24.6. The van der Waals surface area contributed by atoms with Crippen LogP contribution in [0, 0.1) is 0 Å². The summed E-state index contributed by atoms with van der Waals surface area (Å²) in [5.74, 6) is -1.06. The van der Waals surface area contributed by atoms with Crippen molar-refractivity contribution < 1.29 is 21.9 Å². The second kappa shape index (κ2) is 9.53. The van der Waals surface area contributed by atoms with Crippen LogP contribution in [0.2, 0.25) is 0 Å². The molecule has 5 nitrogen and oxygen atoms in total. The Morgan fingerprint density at radius 1 is 1.36 bits per heavy atom. The van der Waals surface area contributed by atoms with Crippen molar-refractivity contribution in [3.8, 4) is 0 Å². The maximum absolute atomic E-state index is 9.70. The molecule has 62 valence electrons. The molecule has 11 heavy (non-hydrogen) atoms. The van der Waals surface area contributed by atoms with Crippen molar-refractivity contribution >= 4 is 80.6 Å². The van der Waals surface area contributed by atoms with Gasteiger partial charge in [-0.15, -0.1) is 0 Å². The van der Waals surface area contributed by atoms with E-state index in [2.05, 4.69) is 4.18 Å². The minimum absolute atomic E-state index is 0. The van der Waals surface area contributed by atoms with Gasteiger partial charge in [-0.05, 0) is 0 Å². The number of carbonyl (C=O) groups is 1. The van der Waals surface area contributed by atoms with Crippen LogP contribution in [0.5, 0.6) is 0 Å². The number of rotatable bonds is 1. The SMILES string of the molecule is CC(=O)OS(=O)(=O)O.[AlH3].[AlH3].[NaH]. The van der Waals surface area contributed by atoms with Gasteiger partial charge in [-0.2, -0.15) is 8.42 Å². The van der Waals surface area contributed by atoms with Crippen molar-refractivity contribution in [1.29, 1.82) is 0 Å². The summed E-state index contributed by atoms with van der Waals surface area (Å²) >= 11 is 0. The third-order valence-electron chi connectivity index (χ3n) is 0.223. The molecule has 0 fully saturated rings. The quantitative estimate of drug-likeness (QED) is 0.367. The third-order valence-corrected chi connectivity index (χ3v) is 0.668. The molecule has 0 aromatic carbocycles. The summed E-state index contributed by atoms with van der Waals surface area (Å²) in [4.78, 5) is 9.70. The molecule has 0 aromatic heterocycles. The average Bonchev–Trinajstić information content (AvgIpc) is 1.21. The first-order chi connectivity index (χ1) is 3.42. The van der Waals surface area contributed by atoms with Gasteiger partial charge in [-0.3, -0.25) is 9.35 Å². The van der Waals surface area contributed by atoms with Crippen molar-refractivity contribution in [2.75, 3.05) is 0 Å². The van der Waals surface area contributed by atoms with E-state index in [1.54, 1.807) is 0 Å². The van der Waals surface area contributed by atoms with E-state index < -0.39 is 16.4 Å². The fourth-order valence-electron chi connectivity index (χ4n) is 0.148. The Bertz CT molecular complexity index is 189. The molecule has 0 saturated heterocycles. The molecule has 0 atom stereocenters. The minimum atomic E-state index is -4.57. The first kappa shape index (κ1) is 22.9. The molecule has 0 aliphatic heterocycles. The van der Waals surface area contributed by atoms with E-state index in [4.69, 9.17) is 4.55 Å². The fraction of sp³-hybridized carbons (Fsp3) is 0.500. The van der Waals surface area contributed by atoms with Crippen molar-refractivity contribution in [2.24, 2.45) is 0 Å². The predicted octanol–water partition coefficient (Wildman–Crippen LogP) is -3.66. The van der Waals surface area contributed by atoms with E-state index in [-0.39, 0.29) is 64.3 Å². The Labute approximate surface area is 108 Å². The van der Waals surface area contributed by atoms with Gasteiger partial charge in [0.05, 0.1) is 0 Å². The van der Waals surface area contributed by atoms with Gasteiger partial charge in [0.25, 0.3) is 0 Å². The normalized spacial score (nSPS) is 7.82. The van der Waals surface area contributed by atoms with Crippen LogP contribution in [0.1, 0.15) is 6.92 Å². The van der Waals surface area contributed by atoms with Crippen LogP contribution in [-0.2, 0) is 19.4 Å². The van der Waals surface area contributed by atoms with E-state index in [0.717, 1.165) is 6.92 Å². The molecular weight excluding hydrogens is 213 g/mol. The average molecular weight is 224 g/mol. The van der Waals surface area contributed by atoms with E-state index in [1.165, 1.54) is 0 Å². The molecule has 0 rings (SSSR count). The first-order valence-electron chi connectivity index (χ1n) is 1.59. The molecule has 0 heterocycles. The first-order valence-corrected chi connectivity index (χ1v) is 2.96. The van der Waals surface area contributed by atoms with Crippen LogP contribution in [0.4, 0.5) is 0 Å². The monoisotopic (exact) mass is 224 g/mol. The second-order valence-electron chi connectivity index (χ2n) is 1.00. The van der Waals surface area contributed by atoms with E-state index in [0.29, 0.717) is 0 Å². The molecular formula is C2H11Al2NaO5S. The zero-order valence-electron chi connectivity index (χ0n) is 3.99. The zero-order chi connectivity index (χ0) is 6.78. The molecule has 0 saturated carbocycles. The van der Waals surface area contributed by atoms with Gasteiger partial charge in [0.1, 0.15) is 0 Å². The Morgan fingerprint density at radius 3 is 1.64 bits per heavy atom. The molecule has 0 spiro atoms. The van der Waals surface area contributed by atoms with Crippen LogP contribution in [0.15, 0.2) is 0 Å². The summed E-state index contributed by atoms with van der Waals surface area (Å²) in [6.07, 6.45) is 0. The predicted molar refractivity (Wildman–Crippen MR) is 50.3 cm³/mol. The van der Waals surface area contributed by atoms with Gasteiger partial charge in [-0.1, -0.05) is 0 Å². The Kier molecular flexibility index (Phi) is 19.8. The van der Waals surface area contributed by atoms with Crippen molar-refractivity contribution in [1.82, 2.24) is 0 Å². The van der Waals surface area contributed by atoms with Crippen LogP contribution in [0.3, 0.4) is 0 Å². The number of carbonyl (C=O) groups excluding carboxylic acids is 1. The van der Waals surface area contributed by atoms with Gasteiger partial charge in [-0.25, -0.2) is 0 Å². The molecule has 9 heteroatoms. The fourth-order valence-corrected chi connectivity index (χ4v) is 0.445. The molecule has 0 radical (unpaired) electrons. The number of hydrogen-bond donors (Lipinski definition) is 1. The Hall–Kier alpha value is 1.44. The maximum atomic E-state index is 9.70. The van der Waals surface area contributed by atoms with Crippen molar-refractivity contribution in [3.05, 3.63) is 0 Å². The molecule has 0 aliphatic rings. The number of hydrogen-bond acceptors (Lipinski definition) is 4. The van der Waals surface area contributed by atoms with E-state index in [1.807, 2.05) is 0 Å². The van der Waals surface area contributed by atoms with Gasteiger partial charge >= 0.3 is 45.9 Å². The Balaban J connectivity index is -0.0000000817. The summed E-state index contributed by atoms with van der Waals surface area (Å²) in [5, 5.41) is 0. The van der Waals surface area contributed by atoms with Crippen LogP contribution in [0.25, 0.3) is 0 Å². The molecule has 0 unspecified atom stereocenters. The summed E-state index contributed by atoms with van der Waals surface area (Å²) in [6.45, 7) is 0.869. The van der Waals surface area contributed by atoms with Crippen LogP contribution < -0.4 is 0 Å². The summed E-state index contributed by atoms with van der Waals surface area (Å²) in [6, 6.07) is 0. The molecule has 0 bridgehead atoms. The van der Waals surface area contributed by atoms with Gasteiger partial charge in [0.15, 0.2) is 34.7 Å². The van der Waals surface area contributed by atoms with Gasteiger partial charge in [0.2, 0.25) is 0 Å². The summed E-state index contributed by atoms with van der Waals surface area (Å²) in [5.41, 5.74) is 0. The second-order valence-corrected chi connectivity index (χ2v) is 2.02. The van der Waals surface area contributed by atoms with Crippen LogP contribution in [-0.4, -0.2) is 83.2 Å². The molecule has 1 N–H and O–H groups in total. The Morgan fingerprint density at radius 2 is 1.64 bits per heavy atom. The van der Waals surface area contributed by atoms with E-state index in [9.17, 15) is 13.2 Å². The summed E-state index contributed by atoms with van der Waals surface area (Å²) < 4.78 is 30.2. The van der Waals surface area contributed by atoms with Gasteiger partial charge in [0, 0.05) is 6.92 Å². The standard InChI is InChI=1S/C2H4O5S.2Al.Na.7H/c1-2(3)7-8(4,5)6;;;;;;;;;;/h1H3,(H,4,5,6);;;;;;;;;;. The zero-order valence-corrected chi connectivity index (χ0v) is 4.80.